The quantitative estimate of drug-likeness (QED) is 0.158. The van der Waals surface area contributed by atoms with Crippen LogP contribution in [-0.4, -0.2) is 91.7 Å². The van der Waals surface area contributed by atoms with Crippen LogP contribution in [-0.2, 0) is 39.7 Å². The van der Waals surface area contributed by atoms with Gasteiger partial charge in [-0.15, -0.1) is 5.10 Å². The predicted molar refractivity (Wildman–Crippen MR) is 186 cm³/mol. The van der Waals surface area contributed by atoms with E-state index in [0.29, 0.717) is 67.7 Å². The van der Waals surface area contributed by atoms with Crippen molar-refractivity contribution in [1.82, 2.24) is 49.7 Å². The number of fused-ring (bicyclic) bond motifs is 1. The minimum atomic E-state index is -4.61. The highest BCUT2D eigenvalue weighted by atomic mass is 32.2. The van der Waals surface area contributed by atoms with Crippen LogP contribution in [0.4, 0.5) is 11.6 Å². The van der Waals surface area contributed by atoms with Crippen LogP contribution in [0.15, 0.2) is 76.8 Å². The van der Waals surface area contributed by atoms with Crippen molar-refractivity contribution < 1.29 is 26.3 Å². The lowest BCUT2D eigenvalue weighted by atomic mass is 10.1. The van der Waals surface area contributed by atoms with Crippen LogP contribution < -0.4 is 29.1 Å². The smallest absolute Gasteiger partial charge is 0.243 e. The molecule has 1 saturated heterocycles. The number of ether oxygens (including phenoxy) is 2. The fourth-order valence-corrected chi connectivity index (χ4v) is 9.55. The van der Waals surface area contributed by atoms with Gasteiger partial charge in [0.15, 0.2) is 5.82 Å². The molecule has 0 amide bonds. The molecule has 2 aromatic heterocycles. The maximum absolute atomic E-state index is 14.7. The van der Waals surface area contributed by atoms with Crippen LogP contribution in [0.2, 0.25) is 0 Å². The molecule has 51 heavy (non-hydrogen) atoms. The molecule has 3 aromatic carbocycles. The van der Waals surface area contributed by atoms with E-state index in [2.05, 4.69) is 40.4 Å². The summed E-state index contributed by atoms with van der Waals surface area (Å²) in [6, 6.07) is 16.6. The first-order valence-electron chi connectivity index (χ1n) is 16.2. The summed E-state index contributed by atoms with van der Waals surface area (Å²) >= 11 is 0. The molecule has 0 spiro atoms. The molecule has 1 atom stereocenters. The molecule has 4 heterocycles. The van der Waals surface area contributed by atoms with Gasteiger partial charge in [-0.1, -0.05) is 24.3 Å². The molecule has 268 valence electrons. The molecule has 1 fully saturated rings. The first-order valence-corrected chi connectivity index (χ1v) is 19.2. The normalized spacial score (nSPS) is 16.3. The van der Waals surface area contributed by atoms with Crippen molar-refractivity contribution in [3.63, 3.8) is 0 Å². The second kappa shape index (κ2) is 14.3. The Morgan fingerprint density at radius 2 is 1.63 bits per heavy atom. The van der Waals surface area contributed by atoms with Gasteiger partial charge < -0.3 is 19.7 Å². The van der Waals surface area contributed by atoms with Crippen molar-refractivity contribution in [2.24, 2.45) is 0 Å². The zero-order valence-electron chi connectivity index (χ0n) is 27.9. The molecule has 7 rings (SSSR count). The van der Waals surface area contributed by atoms with Crippen LogP contribution in [0.1, 0.15) is 24.0 Å². The minimum Gasteiger partial charge on any atom is -0.497 e. The van der Waals surface area contributed by atoms with Gasteiger partial charge in [0.25, 0.3) is 0 Å². The number of aryl methyl sites for hydroxylation is 1. The fourth-order valence-electron chi connectivity index (χ4n) is 6.23. The molecule has 0 saturated carbocycles. The summed E-state index contributed by atoms with van der Waals surface area (Å²) in [5.74, 6) is 1.78. The van der Waals surface area contributed by atoms with E-state index < -0.39 is 35.9 Å². The van der Waals surface area contributed by atoms with Crippen molar-refractivity contribution in [2.75, 3.05) is 38.8 Å². The van der Waals surface area contributed by atoms with E-state index >= 15 is 0 Å². The summed E-state index contributed by atoms with van der Waals surface area (Å²) in [5.41, 5.74) is 1.77. The average Bonchev–Trinajstić information content (AvgIpc) is 3.94. The predicted octanol–water partition coefficient (Wildman–Crippen LogP) is 1.66. The highest BCUT2D eigenvalue weighted by Gasteiger charge is 2.37. The summed E-state index contributed by atoms with van der Waals surface area (Å²) in [6.45, 7) is 2.10. The Hall–Kier alpha value is -4.95. The largest absolute Gasteiger partial charge is 0.497 e. The van der Waals surface area contributed by atoms with Crippen LogP contribution in [0.3, 0.4) is 0 Å². The molecule has 0 unspecified atom stereocenters. The summed E-state index contributed by atoms with van der Waals surface area (Å²) in [6.07, 6.45) is 2.64. The fraction of sp³-hybridized carbons (Fsp3) is 0.344. The zero-order valence-corrected chi connectivity index (χ0v) is 29.6. The second-order valence-corrected chi connectivity index (χ2v) is 15.5. The van der Waals surface area contributed by atoms with Crippen molar-refractivity contribution in [3.8, 4) is 22.9 Å². The number of methoxy groups -OCH3 is 2. The van der Waals surface area contributed by atoms with Crippen molar-refractivity contribution in [1.29, 1.82) is 0 Å². The van der Waals surface area contributed by atoms with E-state index in [1.165, 1.54) is 24.2 Å². The summed E-state index contributed by atoms with van der Waals surface area (Å²) in [7, 11) is -5.91. The van der Waals surface area contributed by atoms with E-state index in [0.717, 1.165) is 5.56 Å². The van der Waals surface area contributed by atoms with Gasteiger partial charge in [0, 0.05) is 32.2 Å². The first kappa shape index (κ1) is 34.5. The Kier molecular flexibility index (Phi) is 9.71. The molecule has 19 heteroatoms. The monoisotopic (exact) mass is 735 g/mol. The number of nitrogens with zero attached hydrogens (tertiary/aromatic N) is 8. The SMILES string of the molecule is COc1ccc(CNS(=O)(=O)c2c(S(=O)(=O)N[C@@H]3CCNC3)ccc(N3CCCn4ncnc43)c2-c2nnnn2Cc2ccc(OC)cc2)cc1. The zero-order chi connectivity index (χ0) is 35.6. The Bertz CT molecular complexity index is 2220. The maximum atomic E-state index is 14.7. The van der Waals surface area contributed by atoms with E-state index in [1.807, 2.05) is 17.0 Å². The van der Waals surface area contributed by atoms with Crippen LogP contribution >= 0.6 is 0 Å². The van der Waals surface area contributed by atoms with Gasteiger partial charge >= 0.3 is 0 Å². The molecular formula is C32H37N11O6S2. The van der Waals surface area contributed by atoms with E-state index in [-0.39, 0.29) is 24.5 Å². The number of rotatable bonds is 13. The van der Waals surface area contributed by atoms with Crippen LogP contribution in [0, 0.1) is 0 Å². The number of benzene rings is 3. The van der Waals surface area contributed by atoms with E-state index in [9.17, 15) is 16.8 Å². The lowest BCUT2D eigenvalue weighted by Gasteiger charge is -2.31. The highest BCUT2D eigenvalue weighted by Crippen LogP contribution is 2.42. The van der Waals surface area contributed by atoms with Gasteiger partial charge in [-0.3, -0.25) is 0 Å². The first-order chi connectivity index (χ1) is 24.7. The van der Waals surface area contributed by atoms with Crippen LogP contribution in [0.5, 0.6) is 11.5 Å². The Balaban J connectivity index is 1.43. The number of nitrogens with one attached hydrogen (secondary N) is 3. The summed E-state index contributed by atoms with van der Waals surface area (Å²) in [4.78, 5) is 5.34. The number of hydrogen-bond acceptors (Lipinski definition) is 13. The molecule has 2 aliphatic heterocycles. The summed E-state index contributed by atoms with van der Waals surface area (Å²) < 4.78 is 77.0. The average molecular weight is 736 g/mol. The standard InChI is InChI=1S/C32H37N11O6S2/c1-48-25-8-4-22(5-9-25)18-36-51(46,47)30-28(50(44,45)38-24-14-15-33-19-24)13-12-27(41-16-3-17-42-32(41)34-21-35-42)29(30)31-37-39-40-43(31)20-23-6-10-26(49-2)11-7-23/h4-13,21,24,33,36,38H,3,14-20H2,1-2H3/t24-/m1/s1. The molecule has 17 nitrogen and oxygen atoms in total. The van der Waals surface area contributed by atoms with Gasteiger partial charge in [-0.2, -0.15) is 10.1 Å². The maximum Gasteiger partial charge on any atom is 0.243 e. The third kappa shape index (κ3) is 7.15. The number of tetrazole rings is 1. The number of aromatic nitrogens is 7. The van der Waals surface area contributed by atoms with E-state index in [1.54, 1.807) is 54.3 Å². The Morgan fingerprint density at radius 1 is 0.902 bits per heavy atom. The molecule has 0 aliphatic carbocycles. The second-order valence-electron chi connectivity index (χ2n) is 12.1. The summed E-state index contributed by atoms with van der Waals surface area (Å²) in [5, 5.41) is 20.0. The van der Waals surface area contributed by atoms with Gasteiger partial charge in [0.2, 0.25) is 26.0 Å². The third-order valence-electron chi connectivity index (χ3n) is 8.79. The van der Waals surface area contributed by atoms with E-state index in [4.69, 9.17) is 9.47 Å². The number of anilines is 2. The highest BCUT2D eigenvalue weighted by molar-refractivity contribution is 7.92. The van der Waals surface area contributed by atoms with Gasteiger partial charge in [0.05, 0.1) is 32.0 Å². The van der Waals surface area contributed by atoms with Crippen molar-refractivity contribution in [2.45, 2.75) is 48.3 Å². The minimum absolute atomic E-state index is 0.000357. The van der Waals surface area contributed by atoms with Gasteiger partial charge in [0.1, 0.15) is 27.6 Å². The third-order valence-corrected chi connectivity index (χ3v) is 12.0. The van der Waals surface area contributed by atoms with Gasteiger partial charge in [-0.05, 0) is 77.3 Å². The van der Waals surface area contributed by atoms with Gasteiger partial charge in [-0.25, -0.2) is 35.6 Å². The molecule has 5 aromatic rings. The van der Waals surface area contributed by atoms with Crippen LogP contribution in [0.25, 0.3) is 11.4 Å². The Labute approximate surface area is 295 Å². The molecular weight excluding hydrogens is 699 g/mol. The number of hydrogen-bond donors (Lipinski definition) is 3. The Morgan fingerprint density at radius 3 is 2.31 bits per heavy atom. The lowest BCUT2D eigenvalue weighted by Crippen LogP contribution is -2.38. The lowest BCUT2D eigenvalue weighted by molar-refractivity contribution is 0.414. The molecule has 0 bridgehead atoms. The molecule has 0 radical (unpaired) electrons. The number of sulfonamides is 2. The topological polar surface area (TPSA) is 200 Å². The van der Waals surface area contributed by atoms with Crippen molar-refractivity contribution >= 4 is 31.7 Å². The van der Waals surface area contributed by atoms with Crippen molar-refractivity contribution in [3.05, 3.63) is 78.1 Å². The molecule has 3 N–H and O–H groups in total. The molecule has 2 aliphatic rings.